The summed E-state index contributed by atoms with van der Waals surface area (Å²) in [6, 6.07) is -0.712. The molecule has 1 saturated carbocycles. The van der Waals surface area contributed by atoms with Gasteiger partial charge in [0.2, 0.25) is 5.91 Å². The number of carbonyl (C=O) groups is 2. The first kappa shape index (κ1) is 11.4. The Morgan fingerprint density at radius 2 is 2.21 bits per heavy atom. The lowest BCUT2D eigenvalue weighted by Crippen LogP contribution is -2.41. The second kappa shape index (κ2) is 5.24. The van der Waals surface area contributed by atoms with Crippen molar-refractivity contribution in [3.63, 3.8) is 0 Å². The van der Waals surface area contributed by atoms with Gasteiger partial charge in [0.1, 0.15) is 6.04 Å². The molecule has 0 aliphatic heterocycles. The first-order chi connectivity index (χ1) is 6.65. The molecule has 4 nitrogen and oxygen atoms in total. The van der Waals surface area contributed by atoms with E-state index in [0.29, 0.717) is 6.42 Å². The summed E-state index contributed by atoms with van der Waals surface area (Å²) in [6.07, 6.45) is 4.22. The van der Waals surface area contributed by atoms with E-state index in [-0.39, 0.29) is 11.8 Å². The van der Waals surface area contributed by atoms with Crippen molar-refractivity contribution < 1.29 is 14.7 Å². The quantitative estimate of drug-likeness (QED) is 0.688. The maximum atomic E-state index is 11.3. The van der Waals surface area contributed by atoms with E-state index in [2.05, 4.69) is 5.32 Å². The van der Waals surface area contributed by atoms with Gasteiger partial charge in [0.25, 0.3) is 0 Å². The van der Waals surface area contributed by atoms with E-state index in [1.807, 2.05) is 6.26 Å². The molecular weight excluding hydrogens is 202 g/mol. The molecule has 1 aliphatic carbocycles. The highest BCUT2D eigenvalue weighted by molar-refractivity contribution is 7.98. The summed E-state index contributed by atoms with van der Waals surface area (Å²) in [5.74, 6) is -0.209. The molecule has 0 aromatic heterocycles. The maximum absolute atomic E-state index is 11.3. The van der Waals surface area contributed by atoms with Crippen LogP contribution in [-0.4, -0.2) is 35.0 Å². The number of carbonyl (C=O) groups excluding carboxylic acids is 1. The minimum Gasteiger partial charge on any atom is -0.480 e. The average molecular weight is 217 g/mol. The molecule has 1 atom stereocenters. The van der Waals surface area contributed by atoms with Gasteiger partial charge >= 0.3 is 5.97 Å². The molecule has 0 aromatic rings. The molecule has 1 rings (SSSR count). The Labute approximate surface area is 87.4 Å². The number of amides is 1. The van der Waals surface area contributed by atoms with Crippen LogP contribution in [0.1, 0.15) is 19.3 Å². The van der Waals surface area contributed by atoms with Gasteiger partial charge in [0, 0.05) is 5.92 Å². The molecule has 1 aliphatic rings. The molecule has 0 aromatic carbocycles. The topological polar surface area (TPSA) is 66.4 Å². The Kier molecular flexibility index (Phi) is 4.25. The van der Waals surface area contributed by atoms with Crippen molar-refractivity contribution >= 4 is 23.6 Å². The van der Waals surface area contributed by atoms with Crippen LogP contribution in [0.3, 0.4) is 0 Å². The molecular formula is C9H15NO3S. The predicted molar refractivity (Wildman–Crippen MR) is 55.3 cm³/mol. The van der Waals surface area contributed by atoms with Gasteiger partial charge < -0.3 is 10.4 Å². The lowest BCUT2D eigenvalue weighted by molar-refractivity contribution is -0.142. The molecule has 1 fully saturated rings. The predicted octanol–water partition coefficient (Wildman–Crippen LogP) is 0.719. The average Bonchev–Trinajstić information content (AvgIpc) is 2.94. The van der Waals surface area contributed by atoms with E-state index in [4.69, 9.17) is 5.11 Å². The SMILES string of the molecule is CSCCC(NC(=O)C1CC1)C(=O)O. The molecule has 0 bridgehead atoms. The summed E-state index contributed by atoms with van der Waals surface area (Å²) >= 11 is 1.58. The van der Waals surface area contributed by atoms with E-state index in [9.17, 15) is 9.59 Å². The van der Waals surface area contributed by atoms with Crippen LogP contribution in [-0.2, 0) is 9.59 Å². The molecule has 0 spiro atoms. The molecule has 80 valence electrons. The summed E-state index contributed by atoms with van der Waals surface area (Å²) in [7, 11) is 0. The van der Waals surface area contributed by atoms with Gasteiger partial charge in [-0.05, 0) is 31.3 Å². The molecule has 0 heterocycles. The van der Waals surface area contributed by atoms with Crippen molar-refractivity contribution in [1.82, 2.24) is 5.32 Å². The Morgan fingerprint density at radius 1 is 1.57 bits per heavy atom. The van der Waals surface area contributed by atoms with E-state index in [1.54, 1.807) is 11.8 Å². The lowest BCUT2D eigenvalue weighted by atomic mass is 10.2. The lowest BCUT2D eigenvalue weighted by Gasteiger charge is -2.13. The number of thioether (sulfide) groups is 1. The summed E-state index contributed by atoms with van der Waals surface area (Å²) in [5, 5.41) is 11.4. The van der Waals surface area contributed by atoms with Gasteiger partial charge in [-0.1, -0.05) is 0 Å². The van der Waals surface area contributed by atoms with Crippen LogP contribution < -0.4 is 5.32 Å². The van der Waals surface area contributed by atoms with Crippen molar-refractivity contribution in [3.8, 4) is 0 Å². The van der Waals surface area contributed by atoms with Gasteiger partial charge in [0.15, 0.2) is 0 Å². The van der Waals surface area contributed by atoms with Crippen LogP contribution in [0.25, 0.3) is 0 Å². The maximum Gasteiger partial charge on any atom is 0.326 e. The fourth-order valence-electron chi connectivity index (χ4n) is 1.13. The Morgan fingerprint density at radius 3 is 2.64 bits per heavy atom. The van der Waals surface area contributed by atoms with E-state index < -0.39 is 12.0 Å². The highest BCUT2D eigenvalue weighted by atomic mass is 32.2. The van der Waals surface area contributed by atoms with Crippen molar-refractivity contribution in [2.75, 3.05) is 12.0 Å². The highest BCUT2D eigenvalue weighted by Gasteiger charge is 2.32. The second-order valence-electron chi connectivity index (χ2n) is 3.46. The third kappa shape index (κ3) is 3.57. The van der Waals surface area contributed by atoms with Gasteiger partial charge in [-0.25, -0.2) is 4.79 Å². The Balaban J connectivity index is 2.33. The zero-order valence-corrected chi connectivity index (χ0v) is 8.97. The van der Waals surface area contributed by atoms with Crippen molar-refractivity contribution in [2.45, 2.75) is 25.3 Å². The molecule has 14 heavy (non-hydrogen) atoms. The van der Waals surface area contributed by atoms with Crippen LogP contribution in [0.4, 0.5) is 0 Å². The molecule has 1 amide bonds. The van der Waals surface area contributed by atoms with Crippen LogP contribution in [0.5, 0.6) is 0 Å². The first-order valence-corrected chi connectivity index (χ1v) is 6.06. The van der Waals surface area contributed by atoms with Crippen LogP contribution in [0, 0.1) is 5.92 Å². The van der Waals surface area contributed by atoms with E-state index >= 15 is 0 Å². The standard InChI is InChI=1S/C9H15NO3S/c1-14-5-4-7(9(12)13)10-8(11)6-2-3-6/h6-7H,2-5H2,1H3,(H,10,11)(H,12,13). The Bertz CT molecular complexity index is 228. The largest absolute Gasteiger partial charge is 0.480 e. The molecule has 0 saturated heterocycles. The summed E-state index contributed by atoms with van der Waals surface area (Å²) in [5.41, 5.74) is 0. The second-order valence-corrected chi connectivity index (χ2v) is 4.44. The van der Waals surface area contributed by atoms with Crippen LogP contribution >= 0.6 is 11.8 Å². The van der Waals surface area contributed by atoms with Crippen LogP contribution in [0.15, 0.2) is 0 Å². The third-order valence-corrected chi connectivity index (χ3v) is 2.82. The highest BCUT2D eigenvalue weighted by Crippen LogP contribution is 2.28. The number of carboxylic acids is 1. The number of nitrogens with one attached hydrogen (secondary N) is 1. The molecule has 0 radical (unpaired) electrons. The van der Waals surface area contributed by atoms with Gasteiger partial charge in [-0.3, -0.25) is 4.79 Å². The number of carboxylic acid groups (broad SMARTS) is 1. The first-order valence-electron chi connectivity index (χ1n) is 4.67. The zero-order chi connectivity index (χ0) is 10.6. The summed E-state index contributed by atoms with van der Waals surface area (Å²) in [6.45, 7) is 0. The van der Waals surface area contributed by atoms with E-state index in [0.717, 1.165) is 18.6 Å². The Hall–Kier alpha value is -0.710. The molecule has 2 N–H and O–H groups in total. The number of rotatable bonds is 6. The smallest absolute Gasteiger partial charge is 0.326 e. The number of aliphatic carboxylic acids is 1. The van der Waals surface area contributed by atoms with Crippen molar-refractivity contribution in [3.05, 3.63) is 0 Å². The minimum absolute atomic E-state index is 0.0751. The van der Waals surface area contributed by atoms with Crippen molar-refractivity contribution in [1.29, 1.82) is 0 Å². The van der Waals surface area contributed by atoms with Crippen LogP contribution in [0.2, 0.25) is 0 Å². The summed E-state index contributed by atoms with van der Waals surface area (Å²) in [4.78, 5) is 22.1. The number of hydrogen-bond donors (Lipinski definition) is 2. The van der Waals surface area contributed by atoms with Crippen molar-refractivity contribution in [2.24, 2.45) is 5.92 Å². The minimum atomic E-state index is -0.937. The van der Waals surface area contributed by atoms with Gasteiger partial charge in [-0.2, -0.15) is 11.8 Å². The third-order valence-electron chi connectivity index (χ3n) is 2.17. The van der Waals surface area contributed by atoms with Gasteiger partial charge in [0.05, 0.1) is 0 Å². The normalized spacial score (nSPS) is 17.5. The summed E-state index contributed by atoms with van der Waals surface area (Å²) < 4.78 is 0. The molecule has 5 heteroatoms. The van der Waals surface area contributed by atoms with Gasteiger partial charge in [-0.15, -0.1) is 0 Å². The molecule has 1 unspecified atom stereocenters. The fourth-order valence-corrected chi connectivity index (χ4v) is 1.60. The monoisotopic (exact) mass is 217 g/mol. The van der Waals surface area contributed by atoms with E-state index in [1.165, 1.54) is 0 Å². The number of hydrogen-bond acceptors (Lipinski definition) is 3. The fraction of sp³-hybridized carbons (Fsp3) is 0.778. The zero-order valence-electron chi connectivity index (χ0n) is 8.16.